The summed E-state index contributed by atoms with van der Waals surface area (Å²) in [5.41, 5.74) is 0. The topological polar surface area (TPSA) is 95.9 Å². The highest BCUT2D eigenvalue weighted by Gasteiger charge is 2.24. The Hall–Kier alpha value is -2.44. The minimum Gasteiger partial charge on any atom is -0.462 e. The molecule has 0 aliphatic rings. The second kappa shape index (κ2) is 47.6. The Morgan fingerprint density at radius 2 is 0.933 bits per heavy atom. The molecule has 0 saturated heterocycles. The molecule has 0 saturated carbocycles. The molecule has 1 amide bonds. The van der Waals surface area contributed by atoms with E-state index in [1.165, 1.54) is 128 Å². The van der Waals surface area contributed by atoms with Crippen LogP contribution in [0.3, 0.4) is 0 Å². The highest BCUT2D eigenvalue weighted by molar-refractivity contribution is 5.77. The van der Waals surface area contributed by atoms with Gasteiger partial charge in [0.2, 0.25) is 5.91 Å². The monoisotopic (exact) mass is 840 g/mol. The largest absolute Gasteiger partial charge is 0.462 e. The number of unbranched alkanes of at least 4 members (excludes halogenated alkanes) is 26. The molecule has 60 heavy (non-hydrogen) atoms. The van der Waals surface area contributed by atoms with Crippen LogP contribution in [0.1, 0.15) is 245 Å². The van der Waals surface area contributed by atoms with Crippen LogP contribution in [-0.4, -0.2) is 46.9 Å². The van der Waals surface area contributed by atoms with Gasteiger partial charge < -0.3 is 20.3 Å². The van der Waals surface area contributed by atoms with Gasteiger partial charge in [0, 0.05) is 6.42 Å². The summed E-state index contributed by atoms with van der Waals surface area (Å²) in [6.07, 6.45) is 58.7. The van der Waals surface area contributed by atoms with Gasteiger partial charge in [0.05, 0.1) is 25.2 Å². The van der Waals surface area contributed by atoms with Gasteiger partial charge in [0.1, 0.15) is 6.10 Å². The third-order valence-electron chi connectivity index (χ3n) is 11.4. The molecule has 0 aliphatic heterocycles. The maximum absolute atomic E-state index is 13.2. The lowest BCUT2D eigenvalue weighted by Gasteiger charge is -2.24. The Kier molecular flexibility index (Phi) is 45.7. The van der Waals surface area contributed by atoms with Crippen LogP contribution < -0.4 is 5.32 Å². The Morgan fingerprint density at radius 3 is 1.43 bits per heavy atom. The quantitative estimate of drug-likeness (QED) is 0.0246. The molecule has 0 aromatic heterocycles. The molecule has 0 aromatic rings. The number of allylic oxidation sites excluding steroid dienone is 10. The Bertz CT molecular complexity index is 1080. The van der Waals surface area contributed by atoms with Crippen LogP contribution in [0.4, 0.5) is 0 Å². The Labute approximate surface area is 371 Å². The van der Waals surface area contributed by atoms with Crippen molar-refractivity contribution in [3.05, 3.63) is 60.8 Å². The van der Waals surface area contributed by atoms with E-state index in [0.717, 1.165) is 70.6 Å². The number of aliphatic hydroxyl groups is 2. The van der Waals surface area contributed by atoms with Crippen LogP contribution in [0, 0.1) is 0 Å². The molecule has 0 aliphatic carbocycles. The first-order valence-corrected chi connectivity index (χ1v) is 25.6. The molecule has 3 atom stereocenters. The summed E-state index contributed by atoms with van der Waals surface area (Å²) in [6.45, 7) is 6.31. The van der Waals surface area contributed by atoms with E-state index in [0.29, 0.717) is 19.3 Å². The Balaban J connectivity index is 4.56. The average molecular weight is 840 g/mol. The van der Waals surface area contributed by atoms with Crippen molar-refractivity contribution in [3.8, 4) is 0 Å². The number of rotatable bonds is 45. The number of esters is 1. The molecule has 6 heteroatoms. The summed E-state index contributed by atoms with van der Waals surface area (Å²) in [6, 6.07) is -0.726. The van der Waals surface area contributed by atoms with Gasteiger partial charge in [-0.15, -0.1) is 0 Å². The average Bonchev–Trinajstić information content (AvgIpc) is 3.24. The van der Waals surface area contributed by atoms with E-state index < -0.39 is 18.2 Å². The van der Waals surface area contributed by atoms with E-state index in [9.17, 15) is 19.8 Å². The number of hydrogen-bond donors (Lipinski definition) is 3. The zero-order valence-corrected chi connectivity index (χ0v) is 39.6. The number of aliphatic hydroxyl groups excluding tert-OH is 2. The lowest BCUT2D eigenvalue weighted by molar-refractivity contribution is -0.151. The zero-order chi connectivity index (χ0) is 43.8. The van der Waals surface area contributed by atoms with Gasteiger partial charge in [0.25, 0.3) is 0 Å². The van der Waals surface area contributed by atoms with Gasteiger partial charge in [-0.25, -0.2) is 0 Å². The molecule has 348 valence electrons. The third-order valence-corrected chi connectivity index (χ3v) is 11.4. The van der Waals surface area contributed by atoms with Gasteiger partial charge in [-0.1, -0.05) is 229 Å². The molecule has 0 fully saturated rings. The van der Waals surface area contributed by atoms with Crippen LogP contribution >= 0.6 is 0 Å². The fourth-order valence-electron chi connectivity index (χ4n) is 7.56. The lowest BCUT2D eigenvalue weighted by Crippen LogP contribution is -2.46. The van der Waals surface area contributed by atoms with Crippen LogP contribution in [-0.2, 0) is 14.3 Å². The molecule has 6 nitrogen and oxygen atoms in total. The highest BCUT2D eigenvalue weighted by Crippen LogP contribution is 2.17. The molecule has 0 aromatic carbocycles. The van der Waals surface area contributed by atoms with Crippen molar-refractivity contribution in [1.82, 2.24) is 5.32 Å². The fourth-order valence-corrected chi connectivity index (χ4v) is 7.56. The lowest BCUT2D eigenvalue weighted by atomic mass is 10.0. The van der Waals surface area contributed by atoms with E-state index >= 15 is 0 Å². The number of carbonyl (C=O) groups is 2. The number of hydrogen-bond acceptors (Lipinski definition) is 5. The smallest absolute Gasteiger partial charge is 0.306 e. The molecular formula is C54H97NO5. The minimum atomic E-state index is -0.808. The van der Waals surface area contributed by atoms with Crippen molar-refractivity contribution in [2.45, 2.75) is 264 Å². The zero-order valence-electron chi connectivity index (χ0n) is 39.6. The van der Waals surface area contributed by atoms with Crippen LogP contribution in [0.15, 0.2) is 60.8 Å². The van der Waals surface area contributed by atoms with Crippen molar-refractivity contribution in [2.75, 3.05) is 6.61 Å². The summed E-state index contributed by atoms with van der Waals surface area (Å²) in [7, 11) is 0. The summed E-state index contributed by atoms with van der Waals surface area (Å²) < 4.78 is 5.87. The van der Waals surface area contributed by atoms with Crippen molar-refractivity contribution >= 4 is 11.9 Å². The maximum atomic E-state index is 13.2. The van der Waals surface area contributed by atoms with Crippen LogP contribution in [0.5, 0.6) is 0 Å². The second-order valence-electron chi connectivity index (χ2n) is 17.3. The van der Waals surface area contributed by atoms with Gasteiger partial charge >= 0.3 is 5.97 Å². The summed E-state index contributed by atoms with van der Waals surface area (Å²) >= 11 is 0. The van der Waals surface area contributed by atoms with Crippen LogP contribution in [0.2, 0.25) is 0 Å². The highest BCUT2D eigenvalue weighted by atomic mass is 16.5. The number of carbonyl (C=O) groups excluding carboxylic acids is 2. The van der Waals surface area contributed by atoms with E-state index in [1.807, 2.05) is 36.5 Å². The number of ether oxygens (including phenoxy) is 1. The summed E-state index contributed by atoms with van der Waals surface area (Å²) in [5, 5.41) is 23.7. The van der Waals surface area contributed by atoms with Crippen molar-refractivity contribution < 1.29 is 24.5 Å². The Morgan fingerprint density at radius 1 is 0.500 bits per heavy atom. The summed E-state index contributed by atoms with van der Waals surface area (Å²) in [4.78, 5) is 26.0. The predicted molar refractivity (Wildman–Crippen MR) is 259 cm³/mol. The number of amides is 1. The molecule has 0 bridgehead atoms. The first kappa shape index (κ1) is 57.6. The molecule has 3 unspecified atom stereocenters. The number of nitrogens with one attached hydrogen (secondary N) is 1. The standard InChI is InChI=1S/C54H97NO5/c1-4-7-10-13-16-19-22-24-25-26-27-29-31-34-37-40-43-46-52(57)51(49-56)55-53(58)48-50(45-42-39-36-33-30-21-18-15-12-9-6-3)60-54(59)47-44-41-38-35-32-28-23-20-17-14-11-8-5-2/h9,12,15,18,21,28,30,32-33,36,50-52,56-57H,4-8,10-11,13-14,16-17,19-20,22-27,29,31,34-35,37-49H2,1-3H3,(H,55,58)/b12-9+,18-15+,30-21-,32-28-,36-33-. The van der Waals surface area contributed by atoms with Crippen molar-refractivity contribution in [3.63, 3.8) is 0 Å². The molecule has 3 N–H and O–H groups in total. The SMILES string of the molecule is CC/C=C/C=C/C=C\C=C/CCCC(CC(=O)NC(CO)C(O)CCCCCCCCCCCCCCCCCCC)OC(=O)CCCCC/C=C\CCCCCCCC. The first-order chi connectivity index (χ1) is 29.5. The fraction of sp³-hybridized carbons (Fsp3) is 0.778. The normalized spacial score (nSPS) is 13.8. The van der Waals surface area contributed by atoms with E-state index in [2.05, 4.69) is 50.4 Å². The first-order valence-electron chi connectivity index (χ1n) is 25.6. The van der Waals surface area contributed by atoms with E-state index in [-0.39, 0.29) is 24.9 Å². The molecule has 0 spiro atoms. The predicted octanol–water partition coefficient (Wildman–Crippen LogP) is 15.2. The van der Waals surface area contributed by atoms with Gasteiger partial charge in [-0.3, -0.25) is 9.59 Å². The summed E-state index contributed by atoms with van der Waals surface area (Å²) in [5.74, 6) is -0.560. The van der Waals surface area contributed by atoms with E-state index in [1.54, 1.807) is 0 Å². The van der Waals surface area contributed by atoms with Gasteiger partial charge in [0.15, 0.2) is 0 Å². The molecule has 0 radical (unpaired) electrons. The molecular weight excluding hydrogens is 743 g/mol. The van der Waals surface area contributed by atoms with Gasteiger partial charge in [-0.2, -0.15) is 0 Å². The minimum absolute atomic E-state index is 0.0250. The molecule has 0 rings (SSSR count). The van der Waals surface area contributed by atoms with Crippen molar-refractivity contribution in [1.29, 1.82) is 0 Å². The van der Waals surface area contributed by atoms with Gasteiger partial charge in [-0.05, 0) is 64.2 Å². The van der Waals surface area contributed by atoms with Crippen LogP contribution in [0.25, 0.3) is 0 Å². The second-order valence-corrected chi connectivity index (χ2v) is 17.3. The third kappa shape index (κ3) is 42.3. The molecule has 0 heterocycles. The maximum Gasteiger partial charge on any atom is 0.306 e. The van der Waals surface area contributed by atoms with Crippen molar-refractivity contribution in [2.24, 2.45) is 0 Å². The van der Waals surface area contributed by atoms with E-state index in [4.69, 9.17) is 4.74 Å².